The number of ether oxygens (including phenoxy) is 9. The molecule has 14 heteroatoms. The minimum Gasteiger partial charge on any atom is -0.481 e. The third-order valence-electron chi connectivity index (χ3n) is 4.64. The molecule has 14 nitrogen and oxygen atoms in total. The molecule has 0 unspecified atom stereocenters. The number of esters is 1. The second-order valence-electron chi connectivity index (χ2n) is 7.82. The van der Waals surface area contributed by atoms with E-state index < -0.39 is 5.97 Å². The van der Waals surface area contributed by atoms with E-state index in [9.17, 15) is 14.4 Å². The summed E-state index contributed by atoms with van der Waals surface area (Å²) in [5.74, 6) is -1.55. The lowest BCUT2D eigenvalue weighted by Gasteiger charge is -2.09. The summed E-state index contributed by atoms with van der Waals surface area (Å²) in [5, 5.41) is 11.1. The second kappa shape index (κ2) is 30.6. The third-order valence-corrected chi connectivity index (χ3v) is 4.64. The Morgan fingerprint density at radius 2 is 0.872 bits per heavy atom. The highest BCUT2D eigenvalue weighted by molar-refractivity contribution is 5.80. The van der Waals surface area contributed by atoms with Crippen molar-refractivity contribution in [3.8, 4) is 0 Å². The predicted octanol–water partition coefficient (Wildman–Crippen LogP) is 0.0534. The Balaban J connectivity index is 3.10. The van der Waals surface area contributed by atoms with E-state index in [1.807, 2.05) is 0 Å². The molecule has 230 valence electrons. The van der Waals surface area contributed by atoms with Gasteiger partial charge in [0.15, 0.2) is 0 Å². The fourth-order valence-corrected chi connectivity index (χ4v) is 2.61. The largest absolute Gasteiger partial charge is 0.481 e. The molecule has 0 fully saturated rings. The van der Waals surface area contributed by atoms with Crippen LogP contribution < -0.4 is 5.32 Å². The van der Waals surface area contributed by atoms with Crippen LogP contribution in [-0.2, 0) is 57.0 Å². The van der Waals surface area contributed by atoms with Crippen LogP contribution in [0.3, 0.4) is 0 Å². The number of hydrogen-bond donors (Lipinski definition) is 2. The van der Waals surface area contributed by atoms with Gasteiger partial charge in [-0.25, -0.2) is 0 Å². The SMILES string of the molecule is COC(=O)CCOCCOCCOCCOCCOCCOCCOCCOCCCNC(=O)CCC(=O)O. The molecule has 0 saturated carbocycles. The van der Waals surface area contributed by atoms with Gasteiger partial charge in [-0.05, 0) is 6.42 Å². The second-order valence-corrected chi connectivity index (χ2v) is 7.82. The Kier molecular flexibility index (Phi) is 29.1. The topological polar surface area (TPSA) is 167 Å². The summed E-state index contributed by atoms with van der Waals surface area (Å²) in [7, 11) is 1.34. The van der Waals surface area contributed by atoms with Gasteiger partial charge in [0.25, 0.3) is 0 Å². The molecule has 0 bridgehead atoms. The summed E-state index contributed by atoms with van der Waals surface area (Å²) in [6.07, 6.45) is 0.711. The number of aliphatic carboxylic acids is 1. The molecule has 0 aliphatic heterocycles. The Bertz CT molecular complexity index is 580. The van der Waals surface area contributed by atoms with Gasteiger partial charge in [-0.2, -0.15) is 0 Å². The molecule has 2 N–H and O–H groups in total. The molecule has 0 aliphatic rings. The summed E-state index contributed by atoms with van der Waals surface area (Å²) < 4.78 is 47.5. The maximum absolute atomic E-state index is 11.3. The van der Waals surface area contributed by atoms with Crippen molar-refractivity contribution in [2.24, 2.45) is 0 Å². The van der Waals surface area contributed by atoms with Gasteiger partial charge >= 0.3 is 11.9 Å². The van der Waals surface area contributed by atoms with Gasteiger partial charge in [0.2, 0.25) is 5.91 Å². The molecule has 0 heterocycles. The van der Waals surface area contributed by atoms with Gasteiger partial charge < -0.3 is 53.1 Å². The number of carbonyl (C=O) groups is 3. The Morgan fingerprint density at radius 1 is 0.513 bits per heavy atom. The Labute approximate surface area is 230 Å². The quantitative estimate of drug-likeness (QED) is 0.0850. The van der Waals surface area contributed by atoms with Crippen molar-refractivity contribution in [3.63, 3.8) is 0 Å². The van der Waals surface area contributed by atoms with Crippen LogP contribution in [0.4, 0.5) is 0 Å². The van der Waals surface area contributed by atoms with Gasteiger partial charge in [0.05, 0.1) is 119 Å². The fraction of sp³-hybridized carbons (Fsp3) is 0.880. The predicted molar refractivity (Wildman–Crippen MR) is 138 cm³/mol. The molecule has 0 radical (unpaired) electrons. The molecule has 0 spiro atoms. The molecule has 39 heavy (non-hydrogen) atoms. The highest BCUT2D eigenvalue weighted by atomic mass is 16.6. The number of carbonyl (C=O) groups excluding carboxylic acids is 2. The van der Waals surface area contributed by atoms with Gasteiger partial charge in [0.1, 0.15) is 0 Å². The lowest BCUT2D eigenvalue weighted by atomic mass is 10.3. The normalized spacial score (nSPS) is 11.0. The zero-order valence-corrected chi connectivity index (χ0v) is 23.2. The molecular formula is C25H47NO13. The van der Waals surface area contributed by atoms with Gasteiger partial charge in [-0.3, -0.25) is 14.4 Å². The van der Waals surface area contributed by atoms with Crippen LogP contribution in [0.25, 0.3) is 0 Å². The van der Waals surface area contributed by atoms with Gasteiger partial charge in [-0.1, -0.05) is 0 Å². The van der Waals surface area contributed by atoms with E-state index in [0.29, 0.717) is 119 Å². The third kappa shape index (κ3) is 32.2. The number of amides is 1. The van der Waals surface area contributed by atoms with Crippen molar-refractivity contribution >= 4 is 17.8 Å². The molecule has 0 aliphatic carbocycles. The summed E-state index contributed by atoms with van der Waals surface area (Å²) in [5.41, 5.74) is 0. The molecule has 0 atom stereocenters. The van der Waals surface area contributed by atoms with Crippen LogP contribution in [0.2, 0.25) is 0 Å². The summed E-state index contributed by atoms with van der Waals surface area (Å²) in [4.78, 5) is 32.6. The smallest absolute Gasteiger partial charge is 0.307 e. The zero-order chi connectivity index (χ0) is 28.7. The van der Waals surface area contributed by atoms with E-state index in [4.69, 9.17) is 43.0 Å². The maximum atomic E-state index is 11.3. The van der Waals surface area contributed by atoms with Crippen LogP contribution in [-0.4, -0.2) is 142 Å². The van der Waals surface area contributed by atoms with E-state index in [2.05, 4.69) is 10.1 Å². The first-order valence-electron chi connectivity index (χ1n) is 13.2. The molecule has 0 saturated heterocycles. The van der Waals surface area contributed by atoms with Crippen molar-refractivity contribution in [1.29, 1.82) is 0 Å². The number of carboxylic acid groups (broad SMARTS) is 1. The number of methoxy groups -OCH3 is 1. The maximum Gasteiger partial charge on any atom is 0.307 e. The van der Waals surface area contributed by atoms with Crippen LogP contribution in [0, 0.1) is 0 Å². The van der Waals surface area contributed by atoms with Gasteiger partial charge in [0, 0.05) is 19.6 Å². The summed E-state index contributed by atoms with van der Waals surface area (Å²) in [6.45, 7) is 7.71. The van der Waals surface area contributed by atoms with E-state index in [-0.39, 0.29) is 31.1 Å². The zero-order valence-electron chi connectivity index (χ0n) is 23.2. The van der Waals surface area contributed by atoms with Crippen LogP contribution in [0.5, 0.6) is 0 Å². The average Bonchev–Trinajstić information content (AvgIpc) is 2.93. The molecule has 0 aromatic rings. The fourth-order valence-electron chi connectivity index (χ4n) is 2.61. The standard InChI is InChI=1S/C25H47NO13/c1-31-25(30)5-8-33-10-12-35-14-16-37-18-20-39-22-21-38-19-17-36-15-13-34-11-9-32-7-2-6-26-23(27)3-4-24(28)29/h2-22H2,1H3,(H,26,27)(H,28,29). The summed E-state index contributed by atoms with van der Waals surface area (Å²) >= 11 is 0. The van der Waals surface area contributed by atoms with E-state index in [1.165, 1.54) is 7.11 Å². The highest BCUT2D eigenvalue weighted by Gasteiger charge is 2.04. The number of hydrogen-bond acceptors (Lipinski definition) is 12. The number of nitrogens with one attached hydrogen (secondary N) is 1. The van der Waals surface area contributed by atoms with Crippen molar-refractivity contribution in [2.75, 3.05) is 119 Å². The first-order valence-corrected chi connectivity index (χ1v) is 13.2. The lowest BCUT2D eigenvalue weighted by molar-refractivity contribution is -0.142. The van der Waals surface area contributed by atoms with Crippen LogP contribution in [0.1, 0.15) is 25.7 Å². The van der Waals surface area contributed by atoms with E-state index in [1.54, 1.807) is 0 Å². The molecule has 0 aromatic carbocycles. The van der Waals surface area contributed by atoms with Crippen molar-refractivity contribution in [3.05, 3.63) is 0 Å². The first-order chi connectivity index (χ1) is 19.1. The van der Waals surface area contributed by atoms with Crippen LogP contribution in [0.15, 0.2) is 0 Å². The minimum absolute atomic E-state index is 0.0113. The minimum atomic E-state index is -0.984. The van der Waals surface area contributed by atoms with Crippen LogP contribution >= 0.6 is 0 Å². The van der Waals surface area contributed by atoms with Gasteiger partial charge in [-0.15, -0.1) is 0 Å². The summed E-state index contributed by atoms with van der Waals surface area (Å²) in [6, 6.07) is 0. The van der Waals surface area contributed by atoms with Crippen molar-refractivity contribution < 1.29 is 62.1 Å². The molecule has 1 amide bonds. The first kappa shape index (κ1) is 37.1. The molecular weight excluding hydrogens is 522 g/mol. The number of rotatable bonds is 31. The van der Waals surface area contributed by atoms with E-state index in [0.717, 1.165) is 0 Å². The Morgan fingerprint density at radius 3 is 1.23 bits per heavy atom. The average molecular weight is 570 g/mol. The number of carboxylic acids is 1. The lowest BCUT2D eigenvalue weighted by Crippen LogP contribution is -2.25. The van der Waals surface area contributed by atoms with Crippen molar-refractivity contribution in [2.45, 2.75) is 25.7 Å². The monoisotopic (exact) mass is 569 g/mol. The molecule has 0 aromatic heterocycles. The van der Waals surface area contributed by atoms with Crippen molar-refractivity contribution in [1.82, 2.24) is 5.32 Å². The Hall–Kier alpha value is -1.91. The molecule has 0 rings (SSSR count). The van der Waals surface area contributed by atoms with E-state index >= 15 is 0 Å². The highest BCUT2D eigenvalue weighted by Crippen LogP contribution is 1.90.